The molecule has 7 atom stereocenters. The number of amides is 1. The van der Waals surface area contributed by atoms with Gasteiger partial charge in [-0.25, -0.2) is 0 Å². The molecule has 2 saturated carbocycles. The molecule has 4 rings (SSSR count). The third-order valence-corrected chi connectivity index (χ3v) is 9.48. The molecule has 3 aliphatic carbocycles. The summed E-state index contributed by atoms with van der Waals surface area (Å²) in [6.07, 6.45) is 15.5. The first-order chi connectivity index (χ1) is 14.7. The van der Waals surface area contributed by atoms with Crippen LogP contribution in [0.5, 0.6) is 0 Å². The minimum Gasteiger partial charge on any atom is -0.340 e. The predicted octanol–water partition coefficient (Wildman–Crippen LogP) is 5.57. The Balaban J connectivity index is 0.000000860. The molecule has 0 aromatic heterocycles. The predicted molar refractivity (Wildman–Crippen MR) is 130 cm³/mol. The molecule has 1 aliphatic heterocycles. The van der Waals surface area contributed by atoms with Gasteiger partial charge in [-0.2, -0.15) is 0 Å². The van der Waals surface area contributed by atoms with Gasteiger partial charge in [-0.15, -0.1) is 0 Å². The number of aldehydes is 1. The Labute approximate surface area is 192 Å². The van der Waals surface area contributed by atoms with Crippen molar-refractivity contribution in [3.63, 3.8) is 0 Å². The van der Waals surface area contributed by atoms with Gasteiger partial charge >= 0.3 is 0 Å². The zero-order chi connectivity index (χ0) is 22.8. The first kappa shape index (κ1) is 24.5. The molecule has 31 heavy (non-hydrogen) atoms. The Morgan fingerprint density at radius 2 is 1.90 bits per heavy atom. The number of carbonyl (C=O) groups is 2. The molecular formula is C27H48N2O2. The van der Waals surface area contributed by atoms with Gasteiger partial charge in [0, 0.05) is 27.0 Å². The molecule has 3 fully saturated rings. The Bertz CT molecular complexity index is 679. The van der Waals surface area contributed by atoms with Gasteiger partial charge in [0.25, 0.3) is 0 Å². The highest BCUT2D eigenvalue weighted by molar-refractivity contribution is 5.74. The van der Waals surface area contributed by atoms with Crippen LogP contribution in [0.2, 0.25) is 0 Å². The molecule has 0 aromatic rings. The molecule has 4 heteroatoms. The number of likely N-dealkylation sites (tertiary alicyclic amines) is 1. The molecule has 0 aromatic carbocycles. The summed E-state index contributed by atoms with van der Waals surface area (Å²) in [5.41, 5.74) is 2.21. The van der Waals surface area contributed by atoms with E-state index >= 15 is 0 Å². The molecule has 1 saturated heterocycles. The molecule has 0 radical (unpaired) electrons. The van der Waals surface area contributed by atoms with Crippen LogP contribution in [-0.4, -0.2) is 54.7 Å². The van der Waals surface area contributed by atoms with Gasteiger partial charge < -0.3 is 14.6 Å². The number of hydrogen-bond donors (Lipinski definition) is 0. The van der Waals surface area contributed by atoms with Crippen LogP contribution in [0.1, 0.15) is 86.9 Å². The minimum atomic E-state index is 0. The number of carbonyl (C=O) groups excluding carboxylic acids is 2. The maximum Gasteiger partial charge on any atom is 0.219 e. The van der Waals surface area contributed by atoms with Crippen LogP contribution in [0, 0.1) is 29.1 Å². The lowest BCUT2D eigenvalue weighted by Crippen LogP contribution is -2.45. The average molecular weight is 433 g/mol. The van der Waals surface area contributed by atoms with E-state index in [0.29, 0.717) is 11.5 Å². The van der Waals surface area contributed by atoms with Crippen molar-refractivity contribution < 1.29 is 11.0 Å². The van der Waals surface area contributed by atoms with Crippen molar-refractivity contribution in [3.05, 3.63) is 11.6 Å². The van der Waals surface area contributed by atoms with E-state index in [-0.39, 0.29) is 7.33 Å². The fraction of sp³-hybridized carbons (Fsp3) is 0.852. The van der Waals surface area contributed by atoms with E-state index in [4.69, 9.17) is 4.79 Å². The summed E-state index contributed by atoms with van der Waals surface area (Å²) in [6, 6.07) is 1.18. The highest BCUT2D eigenvalue weighted by Gasteiger charge is 2.48. The van der Waals surface area contributed by atoms with Crippen molar-refractivity contribution in [2.24, 2.45) is 29.1 Å². The largest absolute Gasteiger partial charge is 0.340 e. The molecule has 1 heterocycles. The zero-order valence-electron chi connectivity index (χ0n) is 20.9. The van der Waals surface area contributed by atoms with E-state index in [0.717, 1.165) is 42.5 Å². The van der Waals surface area contributed by atoms with E-state index < -0.39 is 0 Å². The molecule has 0 bridgehead atoms. The van der Waals surface area contributed by atoms with Crippen LogP contribution in [0.3, 0.4) is 0 Å². The number of rotatable bonds is 1. The third kappa shape index (κ3) is 4.94. The van der Waals surface area contributed by atoms with Crippen LogP contribution in [-0.2, 0) is 9.59 Å². The van der Waals surface area contributed by atoms with E-state index in [1.54, 1.807) is 12.5 Å². The molecule has 0 N–H and O–H groups in total. The topological polar surface area (TPSA) is 40.6 Å². The smallest absolute Gasteiger partial charge is 0.219 e. The second kappa shape index (κ2) is 10.2. The van der Waals surface area contributed by atoms with Gasteiger partial charge in [-0.1, -0.05) is 25.0 Å². The van der Waals surface area contributed by atoms with Gasteiger partial charge in [0.2, 0.25) is 5.91 Å². The molecule has 1 amide bonds. The summed E-state index contributed by atoms with van der Waals surface area (Å²) in [5, 5.41) is 0. The minimum absolute atomic E-state index is 0. The van der Waals surface area contributed by atoms with Crippen LogP contribution in [0.15, 0.2) is 11.6 Å². The highest BCUT2D eigenvalue weighted by atomic mass is 16.2. The lowest BCUT2D eigenvalue weighted by molar-refractivity contribution is -0.129. The average Bonchev–Trinajstić information content (AvgIpc) is 3.06. The van der Waals surface area contributed by atoms with Crippen molar-refractivity contribution in [2.45, 2.75) is 97.6 Å². The number of fused-ring (bicyclic) bond motifs is 4. The van der Waals surface area contributed by atoms with Gasteiger partial charge in [0.15, 0.2) is 0 Å². The van der Waals surface area contributed by atoms with E-state index in [9.17, 15) is 4.79 Å². The maximum absolute atomic E-state index is 12.1. The van der Waals surface area contributed by atoms with E-state index in [1.165, 1.54) is 64.7 Å². The number of allylic oxidation sites excluding steroid dienone is 1. The normalized spacial score (nSPS) is 40.1. The zero-order valence-corrected chi connectivity index (χ0v) is 20.9. The molecule has 3 unspecified atom stereocenters. The lowest BCUT2D eigenvalue weighted by atomic mass is 9.54. The Morgan fingerprint density at radius 1 is 1.19 bits per heavy atom. The summed E-state index contributed by atoms with van der Waals surface area (Å²) in [5.74, 6) is 3.49. The van der Waals surface area contributed by atoms with Crippen molar-refractivity contribution in [1.29, 1.82) is 0 Å². The van der Waals surface area contributed by atoms with Crippen molar-refractivity contribution in [2.75, 3.05) is 20.6 Å². The summed E-state index contributed by atoms with van der Waals surface area (Å²) in [7, 11) is 4.50. The fourth-order valence-corrected chi connectivity index (χ4v) is 7.63. The summed E-state index contributed by atoms with van der Waals surface area (Å²) in [4.78, 5) is 25.5. The Kier molecular flexibility index (Phi) is 8.05. The van der Waals surface area contributed by atoms with E-state index in [1.807, 2.05) is 0 Å². The van der Waals surface area contributed by atoms with Crippen LogP contribution >= 0.6 is 0 Å². The summed E-state index contributed by atoms with van der Waals surface area (Å²) in [6.45, 7) is 9.14. The van der Waals surface area contributed by atoms with Gasteiger partial charge in [0.1, 0.15) is 6.29 Å². The maximum atomic E-state index is 12.1. The van der Waals surface area contributed by atoms with Crippen LogP contribution < -0.4 is 0 Å². The first-order valence-electron chi connectivity index (χ1n) is 12.8. The van der Waals surface area contributed by atoms with Gasteiger partial charge in [-0.05, 0) is 108 Å². The fourth-order valence-electron chi connectivity index (χ4n) is 7.63. The standard InChI is InChI=1S/C25H42N2O.C2H4O.H2/c1-17-23-8-6-7-19-9-11-21-15-22(26(4)5)13-14-25(21,3)24(19)12-10-20(23)16-27(17)18(2)28;1-2-3;/h11,17,19-20,22-24H,6-10,12-16H2,1-5H3;2H,1H3;1H/t17-,19?,20?,22-,23+,24?,25-;;/m0../s1. The second-order valence-corrected chi connectivity index (χ2v) is 11.2. The van der Waals surface area contributed by atoms with Crippen molar-refractivity contribution in [1.82, 2.24) is 9.80 Å². The van der Waals surface area contributed by atoms with Crippen molar-refractivity contribution >= 4 is 12.2 Å². The summed E-state index contributed by atoms with van der Waals surface area (Å²) < 4.78 is 0. The molecular weight excluding hydrogens is 384 g/mol. The van der Waals surface area contributed by atoms with Crippen LogP contribution in [0.4, 0.5) is 0 Å². The van der Waals surface area contributed by atoms with Gasteiger partial charge in [0.05, 0.1) is 0 Å². The SMILES string of the molecule is CC(=O)N1CC2CCC3C(CC=C4C[C@@H](N(C)C)CC[C@@]43C)CCC[C@@H]2[C@@H]1C.CC=O.[HH]. The molecule has 0 spiro atoms. The van der Waals surface area contributed by atoms with Crippen molar-refractivity contribution in [3.8, 4) is 0 Å². The third-order valence-electron chi connectivity index (χ3n) is 9.48. The quantitative estimate of drug-likeness (QED) is 0.402. The van der Waals surface area contributed by atoms with Crippen LogP contribution in [0.25, 0.3) is 0 Å². The molecule has 4 aliphatic rings. The molecule has 178 valence electrons. The number of hydrogen-bond acceptors (Lipinski definition) is 3. The van der Waals surface area contributed by atoms with E-state index in [2.05, 4.69) is 43.8 Å². The monoisotopic (exact) mass is 432 g/mol. The summed E-state index contributed by atoms with van der Waals surface area (Å²) >= 11 is 0. The number of nitrogens with zero attached hydrogens (tertiary/aromatic N) is 2. The first-order valence-corrected chi connectivity index (χ1v) is 12.8. The Hall–Kier alpha value is -1.16. The van der Waals surface area contributed by atoms with Gasteiger partial charge in [-0.3, -0.25) is 4.79 Å². The second-order valence-electron chi connectivity index (χ2n) is 11.2. The highest BCUT2D eigenvalue weighted by Crippen LogP contribution is 2.56. The molecule has 4 nitrogen and oxygen atoms in total. The lowest BCUT2D eigenvalue weighted by Gasteiger charge is -2.52. The Morgan fingerprint density at radius 3 is 2.55 bits per heavy atom.